The molecule has 0 radical (unpaired) electrons. The van der Waals surface area contributed by atoms with Gasteiger partial charge in [0, 0.05) is 6.61 Å². The molecular weight excluding hydrogens is 228 g/mol. The van der Waals surface area contributed by atoms with Crippen molar-refractivity contribution in [1.29, 1.82) is 0 Å². The Morgan fingerprint density at radius 1 is 1.18 bits per heavy atom. The van der Waals surface area contributed by atoms with E-state index < -0.39 is 8.56 Å². The average Bonchev–Trinajstić information content (AvgIpc) is 2.22. The molecule has 0 spiro atoms. The predicted molar refractivity (Wildman–Crippen MR) is 74.8 cm³/mol. The van der Waals surface area contributed by atoms with Crippen molar-refractivity contribution in [3.8, 4) is 5.75 Å². The molecule has 3 heteroatoms. The molecule has 2 nitrogen and oxygen atoms in total. The van der Waals surface area contributed by atoms with Gasteiger partial charge in [-0.15, -0.1) is 0 Å². The second-order valence-electron chi connectivity index (χ2n) is 5.40. The Labute approximate surface area is 106 Å². The summed E-state index contributed by atoms with van der Waals surface area (Å²) in [5, 5.41) is 0. The molecule has 1 rings (SSSR count). The van der Waals surface area contributed by atoms with Gasteiger partial charge in [-0.25, -0.2) is 0 Å². The van der Waals surface area contributed by atoms with Gasteiger partial charge < -0.3 is 8.85 Å². The van der Waals surface area contributed by atoms with E-state index in [0.29, 0.717) is 5.92 Å². The van der Waals surface area contributed by atoms with E-state index in [-0.39, 0.29) is 0 Å². The first kappa shape index (κ1) is 14.3. The van der Waals surface area contributed by atoms with Crippen molar-refractivity contribution in [2.45, 2.75) is 40.8 Å². The van der Waals surface area contributed by atoms with Crippen molar-refractivity contribution in [2.75, 3.05) is 6.61 Å². The van der Waals surface area contributed by atoms with Crippen LogP contribution in [0.15, 0.2) is 18.2 Å². The van der Waals surface area contributed by atoms with Gasteiger partial charge in [0.05, 0.1) is 0 Å². The minimum Gasteiger partial charge on any atom is -0.520 e. The molecule has 0 aromatic heterocycles. The maximum atomic E-state index is 6.08. The smallest absolute Gasteiger partial charge is 0.392 e. The molecule has 0 aliphatic rings. The topological polar surface area (TPSA) is 18.5 Å². The highest BCUT2D eigenvalue weighted by molar-refractivity contribution is 6.65. The maximum absolute atomic E-state index is 6.08. The van der Waals surface area contributed by atoms with E-state index in [1.54, 1.807) is 0 Å². The lowest BCUT2D eigenvalue weighted by Crippen LogP contribution is -2.39. The molecule has 0 fully saturated rings. The minimum atomic E-state index is -2.06. The summed E-state index contributed by atoms with van der Waals surface area (Å²) in [4.78, 5) is 0. The van der Waals surface area contributed by atoms with E-state index in [1.165, 1.54) is 11.1 Å². The second kappa shape index (κ2) is 5.69. The molecule has 0 unspecified atom stereocenters. The highest BCUT2D eigenvalue weighted by Gasteiger charge is 2.27. The van der Waals surface area contributed by atoms with Crippen LogP contribution >= 0.6 is 0 Å². The van der Waals surface area contributed by atoms with E-state index in [9.17, 15) is 0 Å². The Kier molecular flexibility index (Phi) is 4.77. The van der Waals surface area contributed by atoms with E-state index in [1.807, 2.05) is 12.1 Å². The van der Waals surface area contributed by atoms with E-state index in [0.717, 1.165) is 12.4 Å². The molecular formula is C14H24O2Si. The highest BCUT2D eigenvalue weighted by Crippen LogP contribution is 2.24. The van der Waals surface area contributed by atoms with E-state index >= 15 is 0 Å². The number of benzene rings is 1. The number of aryl methyl sites for hydroxylation is 1. The Morgan fingerprint density at radius 3 is 2.41 bits per heavy atom. The standard InChI is InChI=1S/C14H24O2Si/c1-11(2)10-15-17(5,6)16-14-9-7-8-12(3)13(14)4/h7-9,11H,10H2,1-6H3. The third kappa shape index (κ3) is 4.52. The van der Waals surface area contributed by atoms with Gasteiger partial charge in [0.2, 0.25) is 0 Å². The molecule has 1 aromatic rings. The molecule has 0 amide bonds. The fourth-order valence-electron chi connectivity index (χ4n) is 1.50. The molecule has 0 heterocycles. The van der Waals surface area contributed by atoms with Crippen LogP contribution in [0, 0.1) is 19.8 Å². The maximum Gasteiger partial charge on any atom is 0.392 e. The van der Waals surface area contributed by atoms with Crippen molar-refractivity contribution in [3.63, 3.8) is 0 Å². The fourth-order valence-corrected chi connectivity index (χ4v) is 3.04. The van der Waals surface area contributed by atoms with Gasteiger partial charge >= 0.3 is 8.56 Å². The summed E-state index contributed by atoms with van der Waals surface area (Å²) in [6, 6.07) is 6.16. The van der Waals surface area contributed by atoms with Crippen molar-refractivity contribution in [2.24, 2.45) is 5.92 Å². The van der Waals surface area contributed by atoms with Crippen molar-refractivity contribution < 1.29 is 8.85 Å². The van der Waals surface area contributed by atoms with Gasteiger partial charge in [0.1, 0.15) is 5.75 Å². The summed E-state index contributed by atoms with van der Waals surface area (Å²) in [6.45, 7) is 13.5. The molecule has 1 aromatic carbocycles. The number of hydrogen-bond donors (Lipinski definition) is 0. The molecule has 0 aliphatic heterocycles. The third-order valence-corrected chi connectivity index (χ3v) is 4.25. The first-order chi connectivity index (χ1) is 7.82. The van der Waals surface area contributed by atoms with Crippen LogP contribution in [0.3, 0.4) is 0 Å². The van der Waals surface area contributed by atoms with Gasteiger partial charge in [0.15, 0.2) is 0 Å². The van der Waals surface area contributed by atoms with E-state index in [4.69, 9.17) is 8.85 Å². The quantitative estimate of drug-likeness (QED) is 0.736. The Morgan fingerprint density at radius 2 is 1.82 bits per heavy atom. The zero-order valence-corrected chi connectivity index (χ0v) is 12.8. The van der Waals surface area contributed by atoms with Crippen LogP contribution in [0.25, 0.3) is 0 Å². The molecule has 0 aliphatic carbocycles. The van der Waals surface area contributed by atoms with E-state index in [2.05, 4.69) is 46.9 Å². The van der Waals surface area contributed by atoms with Gasteiger partial charge in [-0.05, 0) is 50.1 Å². The Balaban J connectivity index is 2.72. The zero-order chi connectivity index (χ0) is 13.1. The number of hydrogen-bond acceptors (Lipinski definition) is 2. The first-order valence-corrected chi connectivity index (χ1v) is 9.02. The van der Waals surface area contributed by atoms with Crippen LogP contribution in [-0.2, 0) is 4.43 Å². The highest BCUT2D eigenvalue weighted by atomic mass is 28.4. The molecule has 0 saturated carbocycles. The largest absolute Gasteiger partial charge is 0.520 e. The normalized spacial score (nSPS) is 11.9. The third-order valence-electron chi connectivity index (χ3n) is 2.67. The van der Waals surface area contributed by atoms with Crippen LogP contribution < -0.4 is 4.43 Å². The molecule has 0 atom stereocenters. The summed E-state index contributed by atoms with van der Waals surface area (Å²) >= 11 is 0. The zero-order valence-electron chi connectivity index (χ0n) is 11.8. The molecule has 0 bridgehead atoms. The Hall–Kier alpha value is -0.803. The molecule has 0 saturated heterocycles. The summed E-state index contributed by atoms with van der Waals surface area (Å²) in [5.41, 5.74) is 2.47. The van der Waals surface area contributed by atoms with Crippen LogP contribution in [-0.4, -0.2) is 15.2 Å². The molecule has 17 heavy (non-hydrogen) atoms. The molecule has 0 N–H and O–H groups in total. The lowest BCUT2D eigenvalue weighted by atomic mass is 10.1. The first-order valence-electron chi connectivity index (χ1n) is 6.21. The Bertz CT molecular complexity index is 372. The SMILES string of the molecule is Cc1cccc(O[Si](C)(C)OCC(C)C)c1C. The van der Waals surface area contributed by atoms with Gasteiger partial charge in [-0.3, -0.25) is 0 Å². The molecule has 96 valence electrons. The monoisotopic (exact) mass is 252 g/mol. The van der Waals surface area contributed by atoms with Gasteiger partial charge in [-0.2, -0.15) is 0 Å². The summed E-state index contributed by atoms with van der Waals surface area (Å²) in [6.07, 6.45) is 0. The van der Waals surface area contributed by atoms with Crippen LogP contribution in [0.4, 0.5) is 0 Å². The summed E-state index contributed by atoms with van der Waals surface area (Å²) < 4.78 is 12.0. The lowest BCUT2D eigenvalue weighted by Gasteiger charge is -2.26. The van der Waals surface area contributed by atoms with Crippen molar-refractivity contribution in [3.05, 3.63) is 29.3 Å². The summed E-state index contributed by atoms with van der Waals surface area (Å²) in [7, 11) is -2.06. The van der Waals surface area contributed by atoms with Crippen LogP contribution in [0.2, 0.25) is 13.1 Å². The van der Waals surface area contributed by atoms with Gasteiger partial charge in [0.25, 0.3) is 0 Å². The minimum absolute atomic E-state index is 0.545. The van der Waals surface area contributed by atoms with Crippen molar-refractivity contribution in [1.82, 2.24) is 0 Å². The van der Waals surface area contributed by atoms with Crippen molar-refractivity contribution >= 4 is 8.56 Å². The average molecular weight is 252 g/mol. The number of rotatable bonds is 5. The van der Waals surface area contributed by atoms with Crippen LogP contribution in [0.1, 0.15) is 25.0 Å². The summed E-state index contributed by atoms with van der Waals surface area (Å²) in [5.74, 6) is 1.51. The second-order valence-corrected chi connectivity index (χ2v) is 8.70. The fraction of sp³-hybridized carbons (Fsp3) is 0.571. The van der Waals surface area contributed by atoms with Gasteiger partial charge in [-0.1, -0.05) is 26.0 Å². The lowest BCUT2D eigenvalue weighted by molar-refractivity contribution is 0.216. The predicted octanol–water partition coefficient (Wildman–Crippen LogP) is 4.06. The van der Waals surface area contributed by atoms with Crippen LogP contribution in [0.5, 0.6) is 5.75 Å².